The maximum absolute atomic E-state index is 5.29. The van der Waals surface area contributed by atoms with E-state index in [1.165, 1.54) is 0 Å². The van der Waals surface area contributed by atoms with Crippen LogP contribution in [0, 0.1) is 0 Å². The molecule has 1 rings (SSSR count). The largest absolute Gasteiger partial charge is 0.362 e. The standard InChI is InChI=1S/C14H24N2O2/c1-5-13(17-3)15-11-7-9-12(10-8-11)16-14(6-2)18-4/h7-10,13-16H,5-6H2,1-4H3. The smallest absolute Gasteiger partial charge is 0.127 e. The Hall–Kier alpha value is -1.26. The molecule has 0 aliphatic carbocycles. The lowest BCUT2D eigenvalue weighted by Crippen LogP contribution is -2.21. The molecule has 0 amide bonds. The molecule has 0 aliphatic heterocycles. The Balaban J connectivity index is 2.56. The van der Waals surface area contributed by atoms with Gasteiger partial charge in [0.1, 0.15) is 12.5 Å². The van der Waals surface area contributed by atoms with Gasteiger partial charge in [0.05, 0.1) is 0 Å². The molecule has 102 valence electrons. The maximum Gasteiger partial charge on any atom is 0.127 e. The van der Waals surface area contributed by atoms with Crippen LogP contribution in [0.4, 0.5) is 11.4 Å². The minimum atomic E-state index is 0.0613. The lowest BCUT2D eigenvalue weighted by Gasteiger charge is -2.18. The van der Waals surface area contributed by atoms with Crippen molar-refractivity contribution in [2.45, 2.75) is 39.1 Å². The average molecular weight is 252 g/mol. The second-order valence-electron chi connectivity index (χ2n) is 4.13. The normalized spacial score (nSPS) is 14.0. The Morgan fingerprint density at radius 3 is 1.39 bits per heavy atom. The van der Waals surface area contributed by atoms with E-state index in [1.807, 2.05) is 24.3 Å². The number of rotatable bonds is 8. The van der Waals surface area contributed by atoms with Crippen molar-refractivity contribution >= 4 is 11.4 Å². The summed E-state index contributed by atoms with van der Waals surface area (Å²) in [4.78, 5) is 0. The summed E-state index contributed by atoms with van der Waals surface area (Å²) < 4.78 is 10.6. The number of benzene rings is 1. The maximum atomic E-state index is 5.29. The highest BCUT2D eigenvalue weighted by molar-refractivity contribution is 5.54. The molecule has 0 heterocycles. The third-order valence-electron chi connectivity index (χ3n) is 2.85. The van der Waals surface area contributed by atoms with E-state index >= 15 is 0 Å². The van der Waals surface area contributed by atoms with Crippen LogP contribution in [-0.2, 0) is 9.47 Å². The minimum Gasteiger partial charge on any atom is -0.362 e. The van der Waals surface area contributed by atoms with Gasteiger partial charge in [-0.2, -0.15) is 0 Å². The molecule has 1 aromatic carbocycles. The molecule has 1 aromatic rings. The van der Waals surface area contributed by atoms with Crippen molar-refractivity contribution in [2.24, 2.45) is 0 Å². The first-order valence-electron chi connectivity index (χ1n) is 6.42. The number of hydrogen-bond donors (Lipinski definition) is 2. The Morgan fingerprint density at radius 1 is 0.833 bits per heavy atom. The highest BCUT2D eigenvalue weighted by Gasteiger charge is 2.05. The molecule has 0 bridgehead atoms. The van der Waals surface area contributed by atoms with Crippen molar-refractivity contribution in [1.82, 2.24) is 0 Å². The first kappa shape index (κ1) is 14.8. The zero-order chi connectivity index (χ0) is 13.4. The van der Waals surface area contributed by atoms with Crippen LogP contribution < -0.4 is 10.6 Å². The van der Waals surface area contributed by atoms with Crippen molar-refractivity contribution in [1.29, 1.82) is 0 Å². The summed E-state index contributed by atoms with van der Waals surface area (Å²) in [5.41, 5.74) is 2.11. The third kappa shape index (κ3) is 4.55. The molecular weight excluding hydrogens is 228 g/mol. The van der Waals surface area contributed by atoms with Gasteiger partial charge in [0.2, 0.25) is 0 Å². The van der Waals surface area contributed by atoms with Crippen LogP contribution in [-0.4, -0.2) is 26.7 Å². The highest BCUT2D eigenvalue weighted by Crippen LogP contribution is 2.16. The van der Waals surface area contributed by atoms with Gasteiger partial charge < -0.3 is 20.1 Å². The number of methoxy groups -OCH3 is 2. The van der Waals surface area contributed by atoms with E-state index in [-0.39, 0.29) is 12.5 Å². The summed E-state index contributed by atoms with van der Waals surface area (Å²) in [5.74, 6) is 0. The molecule has 0 radical (unpaired) electrons. The van der Waals surface area contributed by atoms with Crippen LogP contribution in [0.1, 0.15) is 26.7 Å². The summed E-state index contributed by atoms with van der Waals surface area (Å²) in [5, 5.41) is 6.61. The van der Waals surface area contributed by atoms with Gasteiger partial charge in [-0.3, -0.25) is 0 Å². The second-order valence-corrected chi connectivity index (χ2v) is 4.13. The van der Waals surface area contributed by atoms with Gasteiger partial charge in [-0.1, -0.05) is 13.8 Å². The lowest BCUT2D eigenvalue weighted by atomic mass is 10.2. The van der Waals surface area contributed by atoms with Gasteiger partial charge in [-0.25, -0.2) is 0 Å². The zero-order valence-corrected chi connectivity index (χ0v) is 11.7. The predicted molar refractivity (Wildman–Crippen MR) is 75.9 cm³/mol. The van der Waals surface area contributed by atoms with Crippen LogP contribution in [0.3, 0.4) is 0 Å². The molecule has 0 saturated heterocycles. The quantitative estimate of drug-likeness (QED) is 0.697. The average Bonchev–Trinajstić information content (AvgIpc) is 2.43. The summed E-state index contributed by atoms with van der Waals surface area (Å²) in [6.07, 6.45) is 1.98. The molecule has 0 spiro atoms. The summed E-state index contributed by atoms with van der Waals surface area (Å²) in [6.45, 7) is 4.17. The van der Waals surface area contributed by atoms with Crippen LogP contribution in [0.25, 0.3) is 0 Å². The first-order valence-corrected chi connectivity index (χ1v) is 6.42. The first-order chi connectivity index (χ1) is 8.73. The molecule has 4 nitrogen and oxygen atoms in total. The second kappa shape index (κ2) is 7.95. The highest BCUT2D eigenvalue weighted by atomic mass is 16.5. The number of nitrogens with one attached hydrogen (secondary N) is 2. The summed E-state index contributed by atoms with van der Waals surface area (Å²) >= 11 is 0. The monoisotopic (exact) mass is 252 g/mol. The van der Waals surface area contributed by atoms with E-state index in [0.29, 0.717) is 0 Å². The predicted octanol–water partition coefficient (Wildman–Crippen LogP) is 3.28. The van der Waals surface area contributed by atoms with Crippen LogP contribution in [0.15, 0.2) is 24.3 Å². The molecule has 2 unspecified atom stereocenters. The molecule has 0 saturated carbocycles. The van der Waals surface area contributed by atoms with Gasteiger partial charge in [-0.05, 0) is 37.1 Å². The number of hydrogen-bond acceptors (Lipinski definition) is 4. The lowest BCUT2D eigenvalue weighted by molar-refractivity contribution is 0.122. The molecule has 18 heavy (non-hydrogen) atoms. The van der Waals surface area contributed by atoms with E-state index in [9.17, 15) is 0 Å². The topological polar surface area (TPSA) is 42.5 Å². The Labute approximate surface area is 110 Å². The van der Waals surface area contributed by atoms with Crippen molar-refractivity contribution in [2.75, 3.05) is 24.9 Å². The van der Waals surface area contributed by atoms with E-state index in [1.54, 1.807) is 14.2 Å². The van der Waals surface area contributed by atoms with Gasteiger partial charge in [0.15, 0.2) is 0 Å². The van der Waals surface area contributed by atoms with Crippen molar-refractivity contribution in [3.05, 3.63) is 24.3 Å². The van der Waals surface area contributed by atoms with E-state index in [2.05, 4.69) is 24.5 Å². The molecule has 0 aromatic heterocycles. The van der Waals surface area contributed by atoms with Crippen LogP contribution in [0.5, 0.6) is 0 Å². The zero-order valence-electron chi connectivity index (χ0n) is 11.7. The Bertz CT molecular complexity index is 286. The Morgan fingerprint density at radius 2 is 1.17 bits per heavy atom. The van der Waals surface area contributed by atoms with Crippen molar-refractivity contribution in [3.63, 3.8) is 0 Å². The molecule has 0 aliphatic rings. The van der Waals surface area contributed by atoms with Gasteiger partial charge in [0.25, 0.3) is 0 Å². The van der Waals surface area contributed by atoms with Gasteiger partial charge in [0, 0.05) is 25.6 Å². The van der Waals surface area contributed by atoms with Crippen molar-refractivity contribution in [3.8, 4) is 0 Å². The van der Waals surface area contributed by atoms with E-state index in [4.69, 9.17) is 9.47 Å². The molecule has 4 heteroatoms. The summed E-state index contributed by atoms with van der Waals surface area (Å²) in [6, 6.07) is 8.14. The molecular formula is C14H24N2O2. The number of anilines is 2. The fourth-order valence-electron chi connectivity index (χ4n) is 1.69. The number of ether oxygens (including phenoxy) is 2. The third-order valence-corrected chi connectivity index (χ3v) is 2.85. The van der Waals surface area contributed by atoms with Gasteiger partial charge in [-0.15, -0.1) is 0 Å². The molecule has 2 atom stereocenters. The summed E-state index contributed by atoms with van der Waals surface area (Å²) in [7, 11) is 3.42. The molecule has 2 N–H and O–H groups in total. The minimum absolute atomic E-state index is 0.0613. The Kier molecular flexibility index (Phi) is 6.54. The van der Waals surface area contributed by atoms with Gasteiger partial charge >= 0.3 is 0 Å². The van der Waals surface area contributed by atoms with Crippen molar-refractivity contribution < 1.29 is 9.47 Å². The van der Waals surface area contributed by atoms with E-state index < -0.39 is 0 Å². The molecule has 0 fully saturated rings. The van der Waals surface area contributed by atoms with E-state index in [0.717, 1.165) is 24.2 Å². The fraction of sp³-hybridized carbons (Fsp3) is 0.571. The van der Waals surface area contributed by atoms with Crippen LogP contribution in [0.2, 0.25) is 0 Å². The fourth-order valence-corrected chi connectivity index (χ4v) is 1.69. The van der Waals surface area contributed by atoms with Crippen LogP contribution >= 0.6 is 0 Å². The SMILES string of the molecule is CCC(Nc1ccc(NC(CC)OC)cc1)OC.